The van der Waals surface area contributed by atoms with E-state index in [1.807, 2.05) is 18.3 Å². The lowest BCUT2D eigenvalue weighted by molar-refractivity contribution is -0.132. The van der Waals surface area contributed by atoms with E-state index < -0.39 is 9.84 Å². The molecule has 0 atom stereocenters. The largest absolute Gasteiger partial charge is 0.361 e. The van der Waals surface area contributed by atoms with E-state index in [1.54, 1.807) is 24.1 Å². The van der Waals surface area contributed by atoms with Crippen LogP contribution in [0.15, 0.2) is 30.5 Å². The van der Waals surface area contributed by atoms with E-state index in [-0.39, 0.29) is 42.1 Å². The van der Waals surface area contributed by atoms with E-state index in [2.05, 4.69) is 4.98 Å². The Morgan fingerprint density at radius 3 is 2.60 bits per heavy atom. The van der Waals surface area contributed by atoms with Crippen molar-refractivity contribution in [1.29, 1.82) is 0 Å². The zero-order valence-electron chi connectivity index (χ0n) is 14.2. The number of carbonyl (C=O) groups is 2. The van der Waals surface area contributed by atoms with Crippen LogP contribution in [0.3, 0.4) is 0 Å². The maximum atomic E-state index is 12.3. The lowest BCUT2D eigenvalue weighted by atomic mass is 10.0. The van der Waals surface area contributed by atoms with Crippen LogP contribution < -0.4 is 0 Å². The number of hydrogen-bond donors (Lipinski definition) is 1. The van der Waals surface area contributed by atoms with E-state index >= 15 is 0 Å². The van der Waals surface area contributed by atoms with Crippen LogP contribution in [-0.4, -0.2) is 54.6 Å². The van der Waals surface area contributed by atoms with Crippen LogP contribution in [0, 0.1) is 0 Å². The zero-order valence-corrected chi connectivity index (χ0v) is 15.0. The number of nitrogens with zero attached hydrogens (tertiary/aromatic N) is 1. The highest BCUT2D eigenvalue weighted by atomic mass is 32.2. The maximum Gasteiger partial charge on any atom is 0.223 e. The molecule has 2 aromatic rings. The predicted molar refractivity (Wildman–Crippen MR) is 96.3 cm³/mol. The highest BCUT2D eigenvalue weighted by Crippen LogP contribution is 2.19. The average Bonchev–Trinajstić information content (AvgIpc) is 3.06. The monoisotopic (exact) mass is 362 g/mol. The molecule has 1 amide bonds. The Morgan fingerprint density at radius 2 is 1.88 bits per heavy atom. The maximum absolute atomic E-state index is 12.3. The van der Waals surface area contributed by atoms with Gasteiger partial charge in [-0.1, -0.05) is 12.1 Å². The fourth-order valence-electron chi connectivity index (χ4n) is 3.23. The second kappa shape index (κ2) is 7.00. The molecule has 3 rings (SSSR count). The number of Topliss-reactive ketones (excluding diaryl/α,β-unsaturated/α-hetero) is 1. The van der Waals surface area contributed by atoms with E-state index in [1.165, 1.54) is 0 Å². The second-order valence-electron chi connectivity index (χ2n) is 6.59. The molecule has 0 radical (unpaired) electrons. The van der Waals surface area contributed by atoms with Gasteiger partial charge in [-0.2, -0.15) is 0 Å². The minimum atomic E-state index is -2.94. The standard InChI is InChI=1S/C18H22N2O4S/c1-20(15-7-10-25(23,24)11-8-15)18(22)5-4-17(21)14-3-2-13-6-9-19-16(13)12-14/h2-3,6,9,12,15,19H,4-5,7-8,10-11H2,1H3. The smallest absolute Gasteiger partial charge is 0.223 e. The van der Waals surface area contributed by atoms with E-state index in [0.717, 1.165) is 10.9 Å². The van der Waals surface area contributed by atoms with Crippen LogP contribution in [-0.2, 0) is 14.6 Å². The molecule has 0 spiro atoms. The Labute approximate surface area is 147 Å². The molecule has 0 aliphatic carbocycles. The molecule has 1 aliphatic heterocycles. The average molecular weight is 362 g/mol. The fraction of sp³-hybridized carbons (Fsp3) is 0.444. The molecule has 6 nitrogen and oxygen atoms in total. The Bertz CT molecular complexity index is 887. The van der Waals surface area contributed by atoms with Crippen molar-refractivity contribution in [2.45, 2.75) is 31.7 Å². The first kappa shape index (κ1) is 17.7. The summed E-state index contributed by atoms with van der Waals surface area (Å²) in [7, 11) is -1.25. The third-order valence-electron chi connectivity index (χ3n) is 4.91. The molecule has 1 aliphatic rings. The third-order valence-corrected chi connectivity index (χ3v) is 6.62. The number of hydrogen-bond acceptors (Lipinski definition) is 4. The molecule has 1 saturated heterocycles. The van der Waals surface area contributed by atoms with Crippen LogP contribution in [0.5, 0.6) is 0 Å². The predicted octanol–water partition coefficient (Wildman–Crippen LogP) is 2.17. The summed E-state index contributed by atoms with van der Waals surface area (Å²) in [4.78, 5) is 29.3. The number of carbonyl (C=O) groups excluding carboxylic acids is 2. The normalized spacial score (nSPS) is 17.5. The summed E-state index contributed by atoms with van der Waals surface area (Å²) in [5.74, 6) is 0.0810. The first-order valence-electron chi connectivity index (χ1n) is 8.42. The molecule has 7 heteroatoms. The van der Waals surface area contributed by atoms with E-state index in [0.29, 0.717) is 18.4 Å². The highest BCUT2D eigenvalue weighted by Gasteiger charge is 2.28. The quantitative estimate of drug-likeness (QED) is 0.826. The molecule has 1 fully saturated rings. The molecule has 134 valence electrons. The number of aromatic amines is 1. The topological polar surface area (TPSA) is 87.3 Å². The van der Waals surface area contributed by atoms with Crippen molar-refractivity contribution < 1.29 is 18.0 Å². The van der Waals surface area contributed by atoms with Gasteiger partial charge in [-0.3, -0.25) is 9.59 Å². The first-order valence-corrected chi connectivity index (χ1v) is 10.2. The van der Waals surface area contributed by atoms with Crippen molar-refractivity contribution in [1.82, 2.24) is 9.88 Å². The molecule has 0 bridgehead atoms. The molecule has 0 saturated carbocycles. The first-order chi connectivity index (χ1) is 11.9. The number of H-pyrrole nitrogens is 1. The fourth-order valence-corrected chi connectivity index (χ4v) is 4.70. The van der Waals surface area contributed by atoms with Crippen LogP contribution >= 0.6 is 0 Å². The van der Waals surface area contributed by atoms with Gasteiger partial charge in [-0.25, -0.2) is 8.42 Å². The van der Waals surface area contributed by atoms with Crippen molar-refractivity contribution in [3.8, 4) is 0 Å². The summed E-state index contributed by atoms with van der Waals surface area (Å²) in [5.41, 5.74) is 1.49. The Hall–Kier alpha value is -2.15. The minimum absolute atomic E-state index is 0.0543. The summed E-state index contributed by atoms with van der Waals surface area (Å²) in [5, 5.41) is 1.04. The summed E-state index contributed by atoms with van der Waals surface area (Å²) in [6.07, 6.45) is 3.06. The lowest BCUT2D eigenvalue weighted by Crippen LogP contribution is -2.42. The van der Waals surface area contributed by atoms with Gasteiger partial charge in [0, 0.05) is 43.2 Å². The van der Waals surface area contributed by atoms with Crippen LogP contribution in [0.25, 0.3) is 10.9 Å². The van der Waals surface area contributed by atoms with Crippen LogP contribution in [0.1, 0.15) is 36.0 Å². The van der Waals surface area contributed by atoms with Gasteiger partial charge in [0.05, 0.1) is 11.5 Å². The van der Waals surface area contributed by atoms with Crippen molar-refractivity contribution in [3.05, 3.63) is 36.0 Å². The number of fused-ring (bicyclic) bond motifs is 1. The molecule has 25 heavy (non-hydrogen) atoms. The number of sulfone groups is 1. The Kier molecular flexibility index (Phi) is 4.94. The van der Waals surface area contributed by atoms with Crippen LogP contribution in [0.4, 0.5) is 0 Å². The van der Waals surface area contributed by atoms with Crippen molar-refractivity contribution >= 4 is 32.4 Å². The molecular formula is C18H22N2O4S. The molecule has 1 aromatic heterocycles. The molecule has 1 N–H and O–H groups in total. The molecule has 2 heterocycles. The lowest BCUT2D eigenvalue weighted by Gasteiger charge is -2.31. The summed E-state index contributed by atoms with van der Waals surface area (Å²) in [6, 6.07) is 7.35. The number of amides is 1. The summed E-state index contributed by atoms with van der Waals surface area (Å²) < 4.78 is 23.0. The summed E-state index contributed by atoms with van der Waals surface area (Å²) >= 11 is 0. The van der Waals surface area contributed by atoms with Crippen molar-refractivity contribution in [2.24, 2.45) is 0 Å². The number of aromatic nitrogens is 1. The Morgan fingerprint density at radius 1 is 1.16 bits per heavy atom. The number of nitrogens with one attached hydrogen (secondary N) is 1. The second-order valence-corrected chi connectivity index (χ2v) is 8.89. The third kappa shape index (κ3) is 4.10. The SMILES string of the molecule is CN(C(=O)CCC(=O)c1ccc2cc[nH]c2c1)C1CCS(=O)(=O)CC1. The van der Waals surface area contributed by atoms with Gasteiger partial charge in [0.1, 0.15) is 9.84 Å². The Balaban J connectivity index is 1.55. The van der Waals surface area contributed by atoms with E-state index in [4.69, 9.17) is 0 Å². The number of rotatable bonds is 5. The number of benzene rings is 1. The van der Waals surface area contributed by atoms with Gasteiger partial charge in [0.25, 0.3) is 0 Å². The van der Waals surface area contributed by atoms with Crippen molar-refractivity contribution in [2.75, 3.05) is 18.6 Å². The number of ketones is 1. The molecular weight excluding hydrogens is 340 g/mol. The van der Waals surface area contributed by atoms with Gasteiger partial charge in [-0.15, -0.1) is 0 Å². The summed E-state index contributed by atoms with van der Waals surface area (Å²) in [6.45, 7) is 0. The molecule has 1 aromatic carbocycles. The highest BCUT2D eigenvalue weighted by molar-refractivity contribution is 7.91. The van der Waals surface area contributed by atoms with Gasteiger partial charge in [0.15, 0.2) is 5.78 Å². The van der Waals surface area contributed by atoms with Gasteiger partial charge in [-0.05, 0) is 30.4 Å². The van der Waals surface area contributed by atoms with Crippen LogP contribution in [0.2, 0.25) is 0 Å². The van der Waals surface area contributed by atoms with Gasteiger partial charge >= 0.3 is 0 Å². The van der Waals surface area contributed by atoms with Crippen molar-refractivity contribution in [3.63, 3.8) is 0 Å². The molecule has 0 unspecified atom stereocenters. The van der Waals surface area contributed by atoms with E-state index in [9.17, 15) is 18.0 Å². The van der Waals surface area contributed by atoms with Gasteiger partial charge in [0.2, 0.25) is 5.91 Å². The van der Waals surface area contributed by atoms with Gasteiger partial charge < -0.3 is 9.88 Å². The minimum Gasteiger partial charge on any atom is -0.361 e. The zero-order chi connectivity index (χ0) is 18.0.